The van der Waals surface area contributed by atoms with Crippen molar-refractivity contribution in [1.82, 2.24) is 0 Å². The molecule has 0 heterocycles. The lowest BCUT2D eigenvalue weighted by Crippen LogP contribution is -2.45. The molecule has 0 fully saturated rings. The Labute approximate surface area is 160 Å². The first-order valence-electron chi connectivity index (χ1n) is 10.4. The summed E-state index contributed by atoms with van der Waals surface area (Å²) < 4.78 is 5.90. The summed E-state index contributed by atoms with van der Waals surface area (Å²) in [5, 5.41) is 10.8. The highest BCUT2D eigenvalue weighted by molar-refractivity contribution is 5.70. The van der Waals surface area contributed by atoms with Crippen molar-refractivity contribution < 1.29 is 23.9 Å². The minimum Gasteiger partial charge on any atom is -0.550 e. The van der Waals surface area contributed by atoms with Gasteiger partial charge in [0, 0.05) is 18.8 Å². The minimum absolute atomic E-state index is 0.237. The molecule has 0 aromatic rings. The van der Waals surface area contributed by atoms with Crippen LogP contribution in [0.25, 0.3) is 0 Å². The lowest BCUT2D eigenvalue weighted by Gasteiger charge is -2.29. The second-order valence-corrected chi connectivity index (χ2v) is 8.45. The highest BCUT2D eigenvalue weighted by atomic mass is 16.5. The summed E-state index contributed by atoms with van der Waals surface area (Å²) >= 11 is 0. The summed E-state index contributed by atoms with van der Waals surface area (Å²) in [6, 6.07) is 0. The maximum atomic E-state index is 11.9. The van der Waals surface area contributed by atoms with E-state index in [-0.39, 0.29) is 12.4 Å². The summed E-state index contributed by atoms with van der Waals surface area (Å²) in [5.74, 6) is -1.47. The molecule has 5 nitrogen and oxygen atoms in total. The third-order valence-corrected chi connectivity index (χ3v) is 4.43. The zero-order valence-corrected chi connectivity index (χ0v) is 17.6. The molecule has 0 aromatic heterocycles. The van der Waals surface area contributed by atoms with Crippen LogP contribution in [0.1, 0.15) is 90.4 Å². The van der Waals surface area contributed by atoms with Crippen molar-refractivity contribution in [3.8, 4) is 0 Å². The molecule has 0 aliphatic rings. The van der Waals surface area contributed by atoms with Gasteiger partial charge in [0.15, 0.2) is 6.10 Å². The fourth-order valence-electron chi connectivity index (χ4n) is 3.12. The van der Waals surface area contributed by atoms with E-state index in [1.54, 1.807) is 0 Å². The Bertz CT molecular complexity index is 377. The molecule has 0 rings (SSSR count). The van der Waals surface area contributed by atoms with E-state index >= 15 is 0 Å². The van der Waals surface area contributed by atoms with Crippen molar-refractivity contribution in [2.45, 2.75) is 96.5 Å². The highest BCUT2D eigenvalue weighted by Gasteiger charge is 2.22. The maximum Gasteiger partial charge on any atom is 0.306 e. The summed E-state index contributed by atoms with van der Waals surface area (Å²) in [4.78, 5) is 22.8. The fourth-order valence-corrected chi connectivity index (χ4v) is 3.12. The van der Waals surface area contributed by atoms with Gasteiger partial charge in [-0.15, -0.1) is 0 Å². The molecular formula is C21H41NO4. The van der Waals surface area contributed by atoms with Crippen LogP contribution in [0.2, 0.25) is 0 Å². The van der Waals surface area contributed by atoms with Gasteiger partial charge in [-0.3, -0.25) is 4.79 Å². The zero-order valence-electron chi connectivity index (χ0n) is 17.6. The quantitative estimate of drug-likeness (QED) is 0.223. The third-order valence-electron chi connectivity index (χ3n) is 4.43. The van der Waals surface area contributed by atoms with Gasteiger partial charge >= 0.3 is 5.97 Å². The molecule has 0 aromatic carbocycles. The van der Waals surface area contributed by atoms with Crippen LogP contribution in [-0.4, -0.2) is 50.2 Å². The van der Waals surface area contributed by atoms with Crippen LogP contribution in [0.3, 0.4) is 0 Å². The van der Waals surface area contributed by atoms with Crippen LogP contribution in [0, 0.1) is 0 Å². The van der Waals surface area contributed by atoms with Crippen molar-refractivity contribution in [2.75, 3.05) is 27.7 Å². The number of quaternary nitrogens is 1. The van der Waals surface area contributed by atoms with Crippen LogP contribution in [0.4, 0.5) is 0 Å². The molecule has 0 N–H and O–H groups in total. The second kappa shape index (κ2) is 15.0. The molecule has 0 saturated heterocycles. The maximum absolute atomic E-state index is 11.9. The molecule has 5 heteroatoms. The Hall–Kier alpha value is -1.10. The molecular weight excluding hydrogens is 330 g/mol. The first-order chi connectivity index (χ1) is 12.2. The predicted octanol–water partition coefficient (Wildman–Crippen LogP) is 3.45. The number of esters is 1. The minimum atomic E-state index is -1.18. The van der Waals surface area contributed by atoms with Crippen molar-refractivity contribution in [2.24, 2.45) is 0 Å². The van der Waals surface area contributed by atoms with Gasteiger partial charge in [0.25, 0.3) is 0 Å². The summed E-state index contributed by atoms with van der Waals surface area (Å²) in [6.45, 7) is 2.71. The number of ether oxygens (including phenoxy) is 1. The SMILES string of the molecule is CCCCCCCCCCCCCC(=O)O[C@@H](CC(=O)[O-])C[N+](C)(C)C. The van der Waals surface area contributed by atoms with E-state index in [1.807, 2.05) is 21.1 Å². The number of carboxylic acids is 1. The Balaban J connectivity index is 3.72. The van der Waals surface area contributed by atoms with Crippen molar-refractivity contribution in [1.29, 1.82) is 0 Å². The first kappa shape index (κ1) is 24.9. The normalized spacial score (nSPS) is 12.8. The summed E-state index contributed by atoms with van der Waals surface area (Å²) in [5.41, 5.74) is 0. The number of carbonyl (C=O) groups excluding carboxylic acids is 2. The van der Waals surface area contributed by atoms with Gasteiger partial charge in [-0.1, -0.05) is 71.1 Å². The molecule has 0 bridgehead atoms. The highest BCUT2D eigenvalue weighted by Crippen LogP contribution is 2.13. The monoisotopic (exact) mass is 371 g/mol. The second-order valence-electron chi connectivity index (χ2n) is 8.45. The number of carbonyl (C=O) groups is 2. The van der Waals surface area contributed by atoms with Gasteiger partial charge in [-0.25, -0.2) is 0 Å². The third kappa shape index (κ3) is 17.7. The Morgan fingerprint density at radius 1 is 0.846 bits per heavy atom. The van der Waals surface area contributed by atoms with Gasteiger partial charge in [-0.2, -0.15) is 0 Å². The van der Waals surface area contributed by atoms with Crippen molar-refractivity contribution in [3.05, 3.63) is 0 Å². The molecule has 0 unspecified atom stereocenters. The average Bonchev–Trinajstić information content (AvgIpc) is 2.50. The smallest absolute Gasteiger partial charge is 0.306 e. The largest absolute Gasteiger partial charge is 0.550 e. The van der Waals surface area contributed by atoms with E-state index < -0.39 is 12.1 Å². The first-order valence-corrected chi connectivity index (χ1v) is 10.4. The van der Waals surface area contributed by atoms with E-state index in [4.69, 9.17) is 4.74 Å². The van der Waals surface area contributed by atoms with Gasteiger partial charge in [0.05, 0.1) is 21.1 Å². The Morgan fingerprint density at radius 2 is 1.31 bits per heavy atom. The lowest BCUT2D eigenvalue weighted by atomic mass is 10.1. The van der Waals surface area contributed by atoms with Crippen LogP contribution in [0.15, 0.2) is 0 Å². The summed E-state index contributed by atoms with van der Waals surface area (Å²) in [7, 11) is 5.83. The molecule has 0 aliphatic heterocycles. The zero-order chi connectivity index (χ0) is 19.8. The van der Waals surface area contributed by atoms with Gasteiger partial charge in [0.2, 0.25) is 0 Å². The standard InChI is InChI=1S/C21H41NO4/c1-5-6-7-8-9-10-11-12-13-14-15-16-21(25)26-19(17-20(23)24)18-22(2,3)4/h19H,5-18H2,1-4H3/t19-/m0/s1. The fraction of sp³-hybridized carbons (Fsp3) is 0.905. The van der Waals surface area contributed by atoms with Gasteiger partial charge in [-0.05, 0) is 6.42 Å². The molecule has 26 heavy (non-hydrogen) atoms. The predicted molar refractivity (Wildman–Crippen MR) is 103 cm³/mol. The van der Waals surface area contributed by atoms with E-state index in [9.17, 15) is 14.7 Å². The van der Waals surface area contributed by atoms with Gasteiger partial charge in [0.1, 0.15) is 6.54 Å². The number of nitrogens with zero attached hydrogens (tertiary/aromatic N) is 1. The van der Waals surface area contributed by atoms with E-state index in [0.717, 1.165) is 19.3 Å². The topological polar surface area (TPSA) is 66.4 Å². The Kier molecular flexibility index (Phi) is 14.4. The number of aliphatic carboxylic acids is 1. The lowest BCUT2D eigenvalue weighted by molar-refractivity contribution is -0.873. The van der Waals surface area contributed by atoms with Crippen molar-refractivity contribution in [3.63, 3.8) is 0 Å². The number of hydrogen-bond donors (Lipinski definition) is 0. The number of unbranched alkanes of at least 4 members (excludes halogenated alkanes) is 10. The molecule has 154 valence electrons. The number of hydrogen-bond acceptors (Lipinski definition) is 4. The number of likely N-dealkylation sites (N-methyl/N-ethyl adjacent to an activating group) is 1. The van der Waals surface area contributed by atoms with E-state index in [0.29, 0.717) is 17.4 Å². The molecule has 0 radical (unpaired) electrons. The Morgan fingerprint density at radius 3 is 1.73 bits per heavy atom. The van der Waals surface area contributed by atoms with Gasteiger partial charge < -0.3 is 19.1 Å². The molecule has 0 saturated carbocycles. The van der Waals surface area contributed by atoms with Crippen LogP contribution in [0.5, 0.6) is 0 Å². The van der Waals surface area contributed by atoms with Crippen LogP contribution in [-0.2, 0) is 14.3 Å². The van der Waals surface area contributed by atoms with Crippen LogP contribution < -0.4 is 5.11 Å². The molecule has 0 spiro atoms. The van der Waals surface area contributed by atoms with E-state index in [2.05, 4.69) is 6.92 Å². The number of rotatable bonds is 17. The van der Waals surface area contributed by atoms with E-state index in [1.165, 1.54) is 51.4 Å². The average molecular weight is 372 g/mol. The number of carboxylic acid groups (broad SMARTS) is 1. The summed E-state index contributed by atoms with van der Waals surface area (Å²) in [6.07, 6.45) is 13.1. The molecule has 0 amide bonds. The molecule has 1 atom stereocenters. The van der Waals surface area contributed by atoms with Crippen LogP contribution >= 0.6 is 0 Å². The molecule has 0 aliphatic carbocycles. The van der Waals surface area contributed by atoms with Crippen molar-refractivity contribution >= 4 is 11.9 Å².